The highest BCUT2D eigenvalue weighted by atomic mass is 16.5. The fourth-order valence-corrected chi connectivity index (χ4v) is 2.50. The molecule has 0 aromatic heterocycles. The van der Waals surface area contributed by atoms with Crippen molar-refractivity contribution in [2.75, 3.05) is 27.4 Å². The summed E-state index contributed by atoms with van der Waals surface area (Å²) in [6.07, 6.45) is 4.21. The maximum atomic E-state index is 10.8. The average Bonchev–Trinajstić information content (AvgIpc) is 2.72. The summed E-state index contributed by atoms with van der Waals surface area (Å²) in [5.74, 6) is 2.35. The Bertz CT molecular complexity index is 693. The molecule has 6 nitrogen and oxygen atoms in total. The summed E-state index contributed by atoms with van der Waals surface area (Å²) in [6.45, 7) is 1.10. The molecule has 2 aromatic rings. The van der Waals surface area contributed by atoms with Gasteiger partial charge >= 0.3 is 0 Å². The maximum absolute atomic E-state index is 10.8. The van der Waals surface area contributed by atoms with Gasteiger partial charge in [-0.25, -0.2) is 0 Å². The highest BCUT2D eigenvalue weighted by Crippen LogP contribution is 2.28. The molecule has 0 aliphatic rings. The monoisotopic (exact) mass is 372 g/mol. The van der Waals surface area contributed by atoms with Crippen LogP contribution in [0.5, 0.6) is 23.0 Å². The molecule has 0 heterocycles. The van der Waals surface area contributed by atoms with Crippen LogP contribution in [0.3, 0.4) is 0 Å². The smallest absolute Gasteiger partial charge is 0.161 e. The number of carbonyl (C=O) groups is 2. The van der Waals surface area contributed by atoms with Gasteiger partial charge in [0.2, 0.25) is 0 Å². The molecule has 27 heavy (non-hydrogen) atoms. The Kier molecular flexibility index (Phi) is 8.16. The van der Waals surface area contributed by atoms with Crippen LogP contribution in [0.1, 0.15) is 40.0 Å². The highest BCUT2D eigenvalue weighted by Gasteiger charge is 2.07. The molecule has 2 rings (SSSR count). The topological polar surface area (TPSA) is 71.1 Å². The SMILES string of the molecule is COc1cc(C=O)ccc1OCCCCCOc1ccc(C=O)cc1OC. The van der Waals surface area contributed by atoms with Gasteiger partial charge in [-0.15, -0.1) is 0 Å². The number of rotatable bonds is 12. The van der Waals surface area contributed by atoms with Crippen LogP contribution in [0.2, 0.25) is 0 Å². The lowest BCUT2D eigenvalue weighted by Gasteiger charge is -2.12. The fourth-order valence-electron chi connectivity index (χ4n) is 2.50. The summed E-state index contributed by atoms with van der Waals surface area (Å²) >= 11 is 0. The van der Waals surface area contributed by atoms with Gasteiger partial charge < -0.3 is 18.9 Å². The van der Waals surface area contributed by atoms with Crippen LogP contribution in [0.4, 0.5) is 0 Å². The van der Waals surface area contributed by atoms with Crippen molar-refractivity contribution in [3.05, 3.63) is 47.5 Å². The highest BCUT2D eigenvalue weighted by molar-refractivity contribution is 5.76. The van der Waals surface area contributed by atoms with Crippen molar-refractivity contribution in [3.8, 4) is 23.0 Å². The summed E-state index contributed by atoms with van der Waals surface area (Å²) in [6, 6.07) is 10.2. The van der Waals surface area contributed by atoms with Crippen molar-refractivity contribution in [2.45, 2.75) is 19.3 Å². The van der Waals surface area contributed by atoms with Gasteiger partial charge in [-0.3, -0.25) is 9.59 Å². The van der Waals surface area contributed by atoms with E-state index in [9.17, 15) is 9.59 Å². The first-order valence-corrected chi connectivity index (χ1v) is 8.74. The van der Waals surface area contributed by atoms with Gasteiger partial charge in [0, 0.05) is 11.1 Å². The van der Waals surface area contributed by atoms with Crippen molar-refractivity contribution in [1.82, 2.24) is 0 Å². The van der Waals surface area contributed by atoms with Crippen LogP contribution in [0.15, 0.2) is 36.4 Å². The Balaban J connectivity index is 1.69. The second-order valence-corrected chi connectivity index (χ2v) is 5.81. The van der Waals surface area contributed by atoms with E-state index in [2.05, 4.69) is 0 Å². The molecule has 6 heteroatoms. The van der Waals surface area contributed by atoms with E-state index in [1.807, 2.05) is 0 Å². The molecule has 0 radical (unpaired) electrons. The van der Waals surface area contributed by atoms with Crippen LogP contribution in [-0.4, -0.2) is 40.0 Å². The van der Waals surface area contributed by atoms with Crippen molar-refractivity contribution in [3.63, 3.8) is 0 Å². The number of ether oxygens (including phenoxy) is 4. The molecule has 0 atom stereocenters. The molecule has 0 amide bonds. The van der Waals surface area contributed by atoms with Gasteiger partial charge in [0.25, 0.3) is 0 Å². The van der Waals surface area contributed by atoms with Crippen LogP contribution in [0, 0.1) is 0 Å². The number of hydrogen-bond acceptors (Lipinski definition) is 6. The van der Waals surface area contributed by atoms with Crippen LogP contribution in [-0.2, 0) is 0 Å². The zero-order valence-electron chi connectivity index (χ0n) is 15.6. The molecular weight excluding hydrogens is 348 g/mol. The summed E-state index contributed by atoms with van der Waals surface area (Å²) in [5.41, 5.74) is 1.10. The molecule has 144 valence electrons. The van der Waals surface area contributed by atoms with E-state index in [-0.39, 0.29) is 0 Å². The molecule has 0 saturated heterocycles. The molecular formula is C21H24O6. The first-order chi connectivity index (χ1) is 13.2. The minimum absolute atomic E-state index is 0.549. The number of aldehydes is 2. The van der Waals surface area contributed by atoms with Gasteiger partial charge in [0.15, 0.2) is 23.0 Å². The predicted molar refractivity (Wildman–Crippen MR) is 102 cm³/mol. The van der Waals surface area contributed by atoms with E-state index in [0.717, 1.165) is 31.8 Å². The van der Waals surface area contributed by atoms with E-state index >= 15 is 0 Å². The van der Waals surface area contributed by atoms with E-state index in [0.29, 0.717) is 47.3 Å². The third-order valence-electron chi connectivity index (χ3n) is 3.95. The van der Waals surface area contributed by atoms with Crippen molar-refractivity contribution < 1.29 is 28.5 Å². The molecule has 0 spiro atoms. The lowest BCUT2D eigenvalue weighted by Crippen LogP contribution is -2.03. The molecule has 0 aliphatic carbocycles. The lowest BCUT2D eigenvalue weighted by atomic mass is 10.2. The number of benzene rings is 2. The molecule has 0 aliphatic heterocycles. The minimum Gasteiger partial charge on any atom is -0.493 e. The summed E-state index contributed by atoms with van der Waals surface area (Å²) in [4.78, 5) is 21.6. The summed E-state index contributed by atoms with van der Waals surface area (Å²) in [5, 5.41) is 0. The Hall–Kier alpha value is -3.02. The van der Waals surface area contributed by atoms with E-state index < -0.39 is 0 Å². The standard InChI is InChI=1S/C21H24O6/c1-24-20-12-16(14-22)6-8-18(20)26-10-4-3-5-11-27-19-9-7-17(15-23)13-21(19)25-2/h6-9,12-15H,3-5,10-11H2,1-2H3. The van der Waals surface area contributed by atoms with E-state index in [1.54, 1.807) is 50.6 Å². The number of methoxy groups -OCH3 is 2. The maximum Gasteiger partial charge on any atom is 0.161 e. The summed E-state index contributed by atoms with van der Waals surface area (Å²) < 4.78 is 21.9. The van der Waals surface area contributed by atoms with Gasteiger partial charge in [-0.2, -0.15) is 0 Å². The van der Waals surface area contributed by atoms with Crippen LogP contribution < -0.4 is 18.9 Å². The Morgan fingerprint density at radius 1 is 0.667 bits per heavy atom. The number of hydrogen-bond donors (Lipinski definition) is 0. The minimum atomic E-state index is 0.549. The number of unbranched alkanes of at least 4 members (excludes halogenated alkanes) is 2. The van der Waals surface area contributed by atoms with Crippen molar-refractivity contribution in [2.24, 2.45) is 0 Å². The molecule has 0 bridgehead atoms. The quantitative estimate of drug-likeness (QED) is 0.415. The number of carbonyl (C=O) groups excluding carboxylic acids is 2. The van der Waals surface area contributed by atoms with Crippen molar-refractivity contribution in [1.29, 1.82) is 0 Å². The lowest BCUT2D eigenvalue weighted by molar-refractivity contribution is 0.111. The Labute approximate surface area is 159 Å². The van der Waals surface area contributed by atoms with Crippen molar-refractivity contribution >= 4 is 12.6 Å². The predicted octanol–water partition coefficient (Wildman–Crippen LogP) is 3.96. The first kappa shape index (κ1) is 20.3. The second-order valence-electron chi connectivity index (χ2n) is 5.81. The van der Waals surface area contributed by atoms with E-state index in [1.165, 1.54) is 0 Å². The van der Waals surface area contributed by atoms with Crippen LogP contribution >= 0.6 is 0 Å². The largest absolute Gasteiger partial charge is 0.493 e. The zero-order valence-corrected chi connectivity index (χ0v) is 15.6. The second kappa shape index (κ2) is 10.9. The van der Waals surface area contributed by atoms with Gasteiger partial charge in [0.1, 0.15) is 12.6 Å². The van der Waals surface area contributed by atoms with Crippen LogP contribution in [0.25, 0.3) is 0 Å². The van der Waals surface area contributed by atoms with Gasteiger partial charge in [0.05, 0.1) is 27.4 Å². The van der Waals surface area contributed by atoms with Gasteiger partial charge in [-0.05, 0) is 55.7 Å². The Morgan fingerprint density at radius 3 is 1.48 bits per heavy atom. The fraction of sp³-hybridized carbons (Fsp3) is 0.333. The molecule has 0 unspecified atom stereocenters. The van der Waals surface area contributed by atoms with E-state index in [4.69, 9.17) is 18.9 Å². The molecule has 0 N–H and O–H groups in total. The first-order valence-electron chi connectivity index (χ1n) is 8.74. The van der Waals surface area contributed by atoms with Gasteiger partial charge in [-0.1, -0.05) is 0 Å². The third kappa shape index (κ3) is 6.02. The normalized spacial score (nSPS) is 10.1. The zero-order chi connectivity index (χ0) is 19.5. The Morgan fingerprint density at radius 2 is 1.11 bits per heavy atom. The molecule has 0 fully saturated rings. The average molecular weight is 372 g/mol. The molecule has 2 aromatic carbocycles. The molecule has 0 saturated carbocycles. The third-order valence-corrected chi connectivity index (χ3v) is 3.95. The summed E-state index contributed by atoms with van der Waals surface area (Å²) in [7, 11) is 3.09.